The summed E-state index contributed by atoms with van der Waals surface area (Å²) in [4.78, 5) is 18.3. The maximum atomic E-state index is 13.4. The van der Waals surface area contributed by atoms with Crippen molar-refractivity contribution in [2.45, 2.75) is 45.1 Å². The molecule has 0 radical (unpaired) electrons. The summed E-state index contributed by atoms with van der Waals surface area (Å²) in [6.07, 6.45) is 4.27. The van der Waals surface area contributed by atoms with Gasteiger partial charge in [-0.1, -0.05) is 24.6 Å². The zero-order valence-electron chi connectivity index (χ0n) is 18.7. The summed E-state index contributed by atoms with van der Waals surface area (Å²) >= 11 is 0. The second kappa shape index (κ2) is 9.02. The molecule has 0 fully saturated rings. The summed E-state index contributed by atoms with van der Waals surface area (Å²) in [5.41, 5.74) is 4.20. The van der Waals surface area contributed by atoms with E-state index in [2.05, 4.69) is 10.2 Å². The lowest BCUT2D eigenvalue weighted by atomic mass is 9.97. The molecular formula is C26H25N3O4. The number of fused-ring (bicyclic) bond motifs is 2. The molecule has 1 aliphatic carbocycles. The predicted octanol–water partition coefficient (Wildman–Crippen LogP) is 5.48. The molecule has 2 heterocycles. The normalized spacial score (nSPS) is 14.4. The van der Waals surface area contributed by atoms with Crippen molar-refractivity contribution in [2.24, 2.45) is 0 Å². The number of para-hydroxylation sites is 1. The Morgan fingerprint density at radius 3 is 2.61 bits per heavy atom. The Balaban J connectivity index is 1.43. The number of benzene rings is 2. The maximum Gasteiger partial charge on any atom is 0.339 e. The number of hydrogen-bond donors (Lipinski definition) is 0. The molecule has 168 valence electrons. The number of nitrogens with zero attached hydrogens (tertiary/aromatic N) is 3. The van der Waals surface area contributed by atoms with Gasteiger partial charge in [0.25, 0.3) is 5.89 Å². The number of aromatic nitrogens is 3. The van der Waals surface area contributed by atoms with Gasteiger partial charge in [0.15, 0.2) is 6.10 Å². The van der Waals surface area contributed by atoms with Crippen molar-refractivity contribution < 1.29 is 18.7 Å². The van der Waals surface area contributed by atoms with Gasteiger partial charge in [0.1, 0.15) is 5.75 Å². The van der Waals surface area contributed by atoms with Crippen LogP contribution in [0.2, 0.25) is 0 Å². The van der Waals surface area contributed by atoms with Gasteiger partial charge in [-0.15, -0.1) is 10.2 Å². The van der Waals surface area contributed by atoms with Gasteiger partial charge >= 0.3 is 5.97 Å². The van der Waals surface area contributed by atoms with Crippen molar-refractivity contribution >= 4 is 16.9 Å². The summed E-state index contributed by atoms with van der Waals surface area (Å²) in [6.45, 7) is 1.74. The Morgan fingerprint density at radius 1 is 1.00 bits per heavy atom. The van der Waals surface area contributed by atoms with Crippen molar-refractivity contribution in [1.29, 1.82) is 0 Å². The summed E-state index contributed by atoms with van der Waals surface area (Å²) in [7, 11) is 1.61. The quantitative estimate of drug-likeness (QED) is 0.298. The average Bonchev–Trinajstić information content (AvgIpc) is 3.23. The van der Waals surface area contributed by atoms with Crippen LogP contribution in [0, 0.1) is 0 Å². The number of carbonyl (C=O) groups is 1. The van der Waals surface area contributed by atoms with E-state index in [1.807, 2.05) is 48.5 Å². The maximum absolute atomic E-state index is 13.4. The Morgan fingerprint density at radius 2 is 1.79 bits per heavy atom. The van der Waals surface area contributed by atoms with Crippen molar-refractivity contribution in [3.63, 3.8) is 0 Å². The molecule has 0 amide bonds. The van der Waals surface area contributed by atoms with Crippen LogP contribution in [0.1, 0.15) is 59.8 Å². The van der Waals surface area contributed by atoms with Gasteiger partial charge < -0.3 is 13.9 Å². The van der Waals surface area contributed by atoms with Crippen molar-refractivity contribution in [3.05, 3.63) is 71.2 Å². The van der Waals surface area contributed by atoms with E-state index in [1.54, 1.807) is 14.0 Å². The van der Waals surface area contributed by atoms with E-state index in [9.17, 15) is 4.79 Å². The molecule has 1 atom stereocenters. The second-order valence-corrected chi connectivity index (χ2v) is 8.21. The molecule has 2 aromatic carbocycles. The standard InChI is InChI=1S/C26H25N3O4/c1-16(24-28-29-25(33-24)17-12-14-18(31-2)15-13-17)32-26(30)23-19-8-4-3-5-10-21(19)27-22-11-7-6-9-20(22)23/h6-7,9,11-16H,3-5,8,10H2,1-2H3/t16-/m1/s1. The number of aryl methyl sites for hydroxylation is 1. The highest BCUT2D eigenvalue weighted by molar-refractivity contribution is 6.05. The lowest BCUT2D eigenvalue weighted by Gasteiger charge is -2.16. The third-order valence-electron chi connectivity index (χ3n) is 6.03. The largest absolute Gasteiger partial charge is 0.497 e. The molecule has 33 heavy (non-hydrogen) atoms. The number of ether oxygens (including phenoxy) is 2. The molecule has 1 aliphatic rings. The van der Waals surface area contributed by atoms with E-state index in [0.29, 0.717) is 11.5 Å². The summed E-state index contributed by atoms with van der Waals surface area (Å²) < 4.78 is 16.8. The Bertz CT molecular complexity index is 1300. The smallest absolute Gasteiger partial charge is 0.339 e. The number of rotatable bonds is 5. The lowest BCUT2D eigenvalue weighted by Crippen LogP contribution is -2.14. The number of esters is 1. The van der Waals surface area contributed by atoms with Crippen molar-refractivity contribution in [2.75, 3.05) is 7.11 Å². The number of pyridine rings is 1. The van der Waals surface area contributed by atoms with Crippen LogP contribution in [-0.4, -0.2) is 28.3 Å². The highest BCUT2D eigenvalue weighted by atomic mass is 16.6. The van der Waals surface area contributed by atoms with Gasteiger partial charge in [-0.25, -0.2) is 4.79 Å². The van der Waals surface area contributed by atoms with Gasteiger partial charge in [0, 0.05) is 16.6 Å². The molecule has 0 spiro atoms. The van der Waals surface area contributed by atoms with Gasteiger partial charge in [-0.05, 0) is 68.5 Å². The van der Waals surface area contributed by atoms with Crippen LogP contribution < -0.4 is 4.74 Å². The SMILES string of the molecule is COc1ccc(-c2nnc([C@@H](C)OC(=O)c3c4c(nc5ccccc35)CCCCC4)o2)cc1. The summed E-state index contributed by atoms with van der Waals surface area (Å²) in [5, 5.41) is 9.05. The molecule has 7 nitrogen and oxygen atoms in total. The second-order valence-electron chi connectivity index (χ2n) is 8.21. The molecule has 7 heteroatoms. The predicted molar refractivity (Wildman–Crippen MR) is 123 cm³/mol. The van der Waals surface area contributed by atoms with Gasteiger partial charge in [0.05, 0.1) is 18.2 Å². The van der Waals surface area contributed by atoms with E-state index < -0.39 is 6.10 Å². The Hall–Kier alpha value is -3.74. The van der Waals surface area contributed by atoms with Crippen LogP contribution in [0.5, 0.6) is 5.75 Å². The molecule has 0 bridgehead atoms. The van der Waals surface area contributed by atoms with Crippen LogP contribution in [-0.2, 0) is 17.6 Å². The molecular weight excluding hydrogens is 418 g/mol. The first-order valence-corrected chi connectivity index (χ1v) is 11.2. The molecule has 0 saturated carbocycles. The molecule has 5 rings (SSSR count). The highest BCUT2D eigenvalue weighted by Crippen LogP contribution is 2.31. The van der Waals surface area contributed by atoms with E-state index in [-0.39, 0.29) is 11.9 Å². The fourth-order valence-electron chi connectivity index (χ4n) is 4.30. The summed E-state index contributed by atoms with van der Waals surface area (Å²) in [5.74, 6) is 0.963. The highest BCUT2D eigenvalue weighted by Gasteiger charge is 2.26. The number of carbonyl (C=O) groups excluding carboxylic acids is 1. The van der Waals surface area contributed by atoms with E-state index in [1.165, 1.54) is 0 Å². The monoisotopic (exact) mass is 443 g/mol. The lowest BCUT2D eigenvalue weighted by molar-refractivity contribution is 0.0280. The van der Waals surface area contributed by atoms with E-state index >= 15 is 0 Å². The van der Waals surface area contributed by atoms with Crippen LogP contribution in [0.15, 0.2) is 52.9 Å². The van der Waals surface area contributed by atoms with Crippen LogP contribution in [0.25, 0.3) is 22.4 Å². The van der Waals surface area contributed by atoms with Gasteiger partial charge in [-0.3, -0.25) is 4.98 Å². The fraction of sp³-hybridized carbons (Fsp3) is 0.308. The fourth-order valence-corrected chi connectivity index (χ4v) is 4.30. The van der Waals surface area contributed by atoms with Crippen LogP contribution >= 0.6 is 0 Å². The molecule has 0 unspecified atom stereocenters. The molecule has 0 saturated heterocycles. The minimum absolute atomic E-state index is 0.249. The first-order valence-electron chi connectivity index (χ1n) is 11.2. The number of methoxy groups -OCH3 is 1. The third kappa shape index (κ3) is 4.18. The van der Waals surface area contributed by atoms with Gasteiger partial charge in [0.2, 0.25) is 5.89 Å². The van der Waals surface area contributed by atoms with E-state index in [0.717, 1.165) is 65.6 Å². The molecule has 0 N–H and O–H groups in total. The first kappa shape index (κ1) is 21.1. The molecule has 2 aromatic heterocycles. The minimum atomic E-state index is -0.689. The molecule has 0 aliphatic heterocycles. The van der Waals surface area contributed by atoms with Crippen LogP contribution in [0.4, 0.5) is 0 Å². The Labute approximate surface area is 191 Å². The topological polar surface area (TPSA) is 87.3 Å². The zero-order valence-corrected chi connectivity index (χ0v) is 18.7. The minimum Gasteiger partial charge on any atom is -0.497 e. The molecule has 4 aromatic rings. The van der Waals surface area contributed by atoms with Crippen molar-refractivity contribution in [1.82, 2.24) is 15.2 Å². The van der Waals surface area contributed by atoms with E-state index in [4.69, 9.17) is 18.9 Å². The third-order valence-corrected chi connectivity index (χ3v) is 6.03. The first-order chi connectivity index (χ1) is 16.1. The van der Waals surface area contributed by atoms with Crippen molar-refractivity contribution in [3.8, 4) is 17.2 Å². The zero-order chi connectivity index (χ0) is 22.8. The van der Waals surface area contributed by atoms with Gasteiger partial charge in [-0.2, -0.15) is 0 Å². The number of hydrogen-bond acceptors (Lipinski definition) is 7. The van der Waals surface area contributed by atoms with Crippen LogP contribution in [0.3, 0.4) is 0 Å². The average molecular weight is 444 g/mol. The summed E-state index contributed by atoms with van der Waals surface area (Å²) in [6, 6.07) is 15.1. The Kier molecular flexibility index (Phi) is 5.77.